The Bertz CT molecular complexity index is 900. The number of hydrogen-bond acceptors (Lipinski definition) is 3. The maximum Gasteiger partial charge on any atom is 0.252 e. The predicted molar refractivity (Wildman–Crippen MR) is 91.1 cm³/mol. The molecule has 0 aliphatic carbocycles. The molecule has 0 saturated carbocycles. The van der Waals surface area contributed by atoms with E-state index in [2.05, 4.69) is 10.3 Å². The zero-order chi connectivity index (χ0) is 17.6. The predicted octanol–water partition coefficient (Wildman–Crippen LogP) is 3.61. The summed E-state index contributed by atoms with van der Waals surface area (Å²) in [5, 5.41) is 11.8. The number of rotatable bonds is 4. The summed E-state index contributed by atoms with van der Waals surface area (Å²) < 4.78 is 13.2. The molecule has 1 N–H and O–H groups in total. The summed E-state index contributed by atoms with van der Waals surface area (Å²) in [7, 11) is 0. The topological polar surface area (TPSA) is 65.8 Å². The number of nitriles is 1. The molecule has 3 rings (SSSR count). The Morgan fingerprint density at radius 3 is 2.16 bits per heavy atom. The highest BCUT2D eigenvalue weighted by Crippen LogP contribution is 2.22. The summed E-state index contributed by atoms with van der Waals surface area (Å²) in [6.45, 7) is 0. The van der Waals surface area contributed by atoms with E-state index < -0.39 is 6.04 Å². The summed E-state index contributed by atoms with van der Waals surface area (Å²) >= 11 is 0. The number of benzene rings is 2. The number of carbonyl (C=O) groups is 1. The summed E-state index contributed by atoms with van der Waals surface area (Å²) in [6, 6.07) is 17.6. The minimum absolute atomic E-state index is 0.282. The molecule has 25 heavy (non-hydrogen) atoms. The van der Waals surface area contributed by atoms with Crippen LogP contribution < -0.4 is 5.32 Å². The van der Waals surface area contributed by atoms with E-state index in [1.165, 1.54) is 12.1 Å². The Hall–Kier alpha value is -3.52. The lowest BCUT2D eigenvalue weighted by atomic mass is 9.99. The van der Waals surface area contributed by atoms with E-state index in [4.69, 9.17) is 5.26 Å². The third-order valence-electron chi connectivity index (χ3n) is 3.79. The largest absolute Gasteiger partial charge is 0.341 e. The maximum atomic E-state index is 13.2. The molecule has 0 saturated heterocycles. The van der Waals surface area contributed by atoms with Gasteiger partial charge in [-0.05, 0) is 59.7 Å². The molecule has 3 aromatic rings. The van der Waals surface area contributed by atoms with Gasteiger partial charge in [-0.25, -0.2) is 4.39 Å². The molecule has 5 heteroatoms. The fourth-order valence-electron chi connectivity index (χ4n) is 2.48. The van der Waals surface area contributed by atoms with Crippen LogP contribution in [0.4, 0.5) is 4.39 Å². The van der Waals surface area contributed by atoms with Crippen molar-refractivity contribution in [3.63, 3.8) is 0 Å². The average Bonchev–Trinajstić information content (AvgIpc) is 2.67. The van der Waals surface area contributed by atoms with Gasteiger partial charge in [0.15, 0.2) is 0 Å². The van der Waals surface area contributed by atoms with Crippen LogP contribution in [0.3, 0.4) is 0 Å². The van der Waals surface area contributed by atoms with E-state index in [0.717, 1.165) is 11.1 Å². The zero-order valence-electron chi connectivity index (χ0n) is 13.2. The summed E-state index contributed by atoms with van der Waals surface area (Å²) in [5.74, 6) is -0.619. The van der Waals surface area contributed by atoms with Gasteiger partial charge < -0.3 is 5.32 Å². The van der Waals surface area contributed by atoms with E-state index in [0.29, 0.717) is 11.1 Å². The molecule has 0 spiro atoms. The van der Waals surface area contributed by atoms with Gasteiger partial charge in [-0.1, -0.05) is 12.1 Å². The normalized spacial score (nSPS) is 11.4. The first-order chi connectivity index (χ1) is 12.2. The average molecular weight is 331 g/mol. The zero-order valence-corrected chi connectivity index (χ0v) is 13.2. The van der Waals surface area contributed by atoms with Crippen molar-refractivity contribution in [3.05, 3.63) is 101 Å². The fraction of sp³-hybridized carbons (Fsp3) is 0.0500. The first-order valence-electron chi connectivity index (χ1n) is 7.64. The number of nitrogens with zero attached hydrogens (tertiary/aromatic N) is 2. The van der Waals surface area contributed by atoms with E-state index in [1.54, 1.807) is 60.9 Å². The van der Waals surface area contributed by atoms with Crippen molar-refractivity contribution in [2.75, 3.05) is 0 Å². The molecule has 4 nitrogen and oxygen atoms in total. The third-order valence-corrected chi connectivity index (χ3v) is 3.79. The van der Waals surface area contributed by atoms with Crippen molar-refractivity contribution >= 4 is 5.91 Å². The van der Waals surface area contributed by atoms with Crippen LogP contribution in [-0.4, -0.2) is 10.9 Å². The molecule has 122 valence electrons. The molecular formula is C20H14FN3O. The lowest BCUT2D eigenvalue weighted by Gasteiger charge is -2.20. The van der Waals surface area contributed by atoms with Gasteiger partial charge in [0.1, 0.15) is 5.82 Å². The second-order valence-corrected chi connectivity index (χ2v) is 5.43. The minimum atomic E-state index is -0.438. The van der Waals surface area contributed by atoms with Crippen LogP contribution in [0.5, 0.6) is 0 Å². The molecule has 1 aromatic heterocycles. The Labute approximate surface area is 144 Å². The standard InChI is InChI=1S/C20H14FN3O/c21-18-7-5-15(6-8-18)19(16-9-11-23-12-10-16)24-20(25)17-3-1-14(13-22)2-4-17/h1-12,19H,(H,24,25). The monoisotopic (exact) mass is 331 g/mol. The van der Waals surface area contributed by atoms with Crippen molar-refractivity contribution in [2.24, 2.45) is 0 Å². The maximum absolute atomic E-state index is 13.2. The first kappa shape index (κ1) is 16.3. The second kappa shape index (κ2) is 7.37. The van der Waals surface area contributed by atoms with Gasteiger partial charge >= 0.3 is 0 Å². The number of halogens is 1. The van der Waals surface area contributed by atoms with E-state index in [9.17, 15) is 9.18 Å². The van der Waals surface area contributed by atoms with Gasteiger partial charge in [0.25, 0.3) is 5.91 Å². The highest BCUT2D eigenvalue weighted by molar-refractivity contribution is 5.94. The molecule has 0 aliphatic heterocycles. The van der Waals surface area contributed by atoms with E-state index in [-0.39, 0.29) is 11.7 Å². The lowest BCUT2D eigenvalue weighted by molar-refractivity contribution is 0.0943. The van der Waals surface area contributed by atoms with Gasteiger partial charge in [0, 0.05) is 18.0 Å². The molecule has 0 radical (unpaired) electrons. The molecule has 1 atom stereocenters. The molecular weight excluding hydrogens is 317 g/mol. The fourth-order valence-corrected chi connectivity index (χ4v) is 2.48. The Morgan fingerprint density at radius 2 is 1.56 bits per heavy atom. The van der Waals surface area contributed by atoms with Crippen molar-refractivity contribution < 1.29 is 9.18 Å². The highest BCUT2D eigenvalue weighted by atomic mass is 19.1. The summed E-state index contributed by atoms with van der Waals surface area (Å²) in [6.07, 6.45) is 3.28. The van der Waals surface area contributed by atoms with E-state index in [1.807, 2.05) is 6.07 Å². The molecule has 0 bridgehead atoms. The van der Waals surface area contributed by atoms with Gasteiger partial charge in [-0.2, -0.15) is 5.26 Å². The van der Waals surface area contributed by atoms with Crippen molar-refractivity contribution in [3.8, 4) is 6.07 Å². The van der Waals surface area contributed by atoms with Crippen LogP contribution >= 0.6 is 0 Å². The van der Waals surface area contributed by atoms with Gasteiger partial charge in [-0.15, -0.1) is 0 Å². The van der Waals surface area contributed by atoms with Gasteiger partial charge in [0.05, 0.1) is 17.7 Å². The van der Waals surface area contributed by atoms with Crippen molar-refractivity contribution in [1.29, 1.82) is 5.26 Å². The Balaban J connectivity index is 1.90. The van der Waals surface area contributed by atoms with Gasteiger partial charge in [-0.3, -0.25) is 9.78 Å². The van der Waals surface area contributed by atoms with Crippen LogP contribution in [0.2, 0.25) is 0 Å². The van der Waals surface area contributed by atoms with Crippen LogP contribution in [0, 0.1) is 17.1 Å². The molecule has 0 aliphatic rings. The number of hydrogen-bond donors (Lipinski definition) is 1. The van der Waals surface area contributed by atoms with Crippen molar-refractivity contribution in [1.82, 2.24) is 10.3 Å². The molecule has 1 heterocycles. The molecule has 1 unspecified atom stereocenters. The summed E-state index contributed by atoms with van der Waals surface area (Å²) in [4.78, 5) is 16.6. The van der Waals surface area contributed by atoms with Crippen LogP contribution in [0.1, 0.15) is 33.1 Å². The van der Waals surface area contributed by atoms with Crippen LogP contribution in [-0.2, 0) is 0 Å². The highest BCUT2D eigenvalue weighted by Gasteiger charge is 2.18. The quantitative estimate of drug-likeness (QED) is 0.794. The Kier molecular flexibility index (Phi) is 4.82. The molecule has 2 aromatic carbocycles. The number of aromatic nitrogens is 1. The van der Waals surface area contributed by atoms with Gasteiger partial charge in [0.2, 0.25) is 0 Å². The van der Waals surface area contributed by atoms with Crippen LogP contribution in [0.25, 0.3) is 0 Å². The number of nitrogens with one attached hydrogen (secondary N) is 1. The Morgan fingerprint density at radius 1 is 0.960 bits per heavy atom. The molecule has 0 fully saturated rings. The SMILES string of the molecule is N#Cc1ccc(C(=O)NC(c2ccncc2)c2ccc(F)cc2)cc1. The van der Waals surface area contributed by atoms with Crippen molar-refractivity contribution in [2.45, 2.75) is 6.04 Å². The molecule has 1 amide bonds. The number of carbonyl (C=O) groups excluding carboxylic acids is 1. The minimum Gasteiger partial charge on any atom is -0.341 e. The van der Waals surface area contributed by atoms with Crippen LogP contribution in [0.15, 0.2) is 73.1 Å². The second-order valence-electron chi connectivity index (χ2n) is 5.43. The lowest BCUT2D eigenvalue weighted by Crippen LogP contribution is -2.29. The van der Waals surface area contributed by atoms with E-state index >= 15 is 0 Å². The smallest absolute Gasteiger partial charge is 0.252 e. The first-order valence-corrected chi connectivity index (χ1v) is 7.64. The number of pyridine rings is 1. The third kappa shape index (κ3) is 3.88. The number of amides is 1. The summed E-state index contributed by atoms with van der Waals surface area (Å²) in [5.41, 5.74) is 2.53.